The number of carbonyl (C=O) groups is 2. The molecule has 5 aromatic rings. The summed E-state index contributed by atoms with van der Waals surface area (Å²) in [5, 5.41) is 10.1. The van der Waals surface area contributed by atoms with E-state index in [1.165, 1.54) is 11.8 Å². The number of pyridine rings is 1. The van der Waals surface area contributed by atoms with E-state index < -0.39 is 12.0 Å². The van der Waals surface area contributed by atoms with Crippen LogP contribution in [0.3, 0.4) is 0 Å². The number of halogens is 1. The van der Waals surface area contributed by atoms with Gasteiger partial charge in [0, 0.05) is 43.6 Å². The molecule has 0 radical (unpaired) electrons. The number of H-pyrrole nitrogens is 1. The van der Waals surface area contributed by atoms with Crippen molar-refractivity contribution in [1.29, 1.82) is 0 Å². The summed E-state index contributed by atoms with van der Waals surface area (Å²) >= 11 is 0. The summed E-state index contributed by atoms with van der Waals surface area (Å²) in [5.74, 6) is -0.991. The summed E-state index contributed by atoms with van der Waals surface area (Å²) in [5.41, 5.74) is 9.54. The summed E-state index contributed by atoms with van der Waals surface area (Å²) in [6, 6.07) is 6.73. The molecule has 1 saturated carbocycles. The summed E-state index contributed by atoms with van der Waals surface area (Å²) in [4.78, 5) is 45.3. The highest BCUT2D eigenvalue weighted by Crippen LogP contribution is 2.43. The Morgan fingerprint density at radius 1 is 1.21 bits per heavy atom. The topological polar surface area (TPSA) is 167 Å². The van der Waals surface area contributed by atoms with E-state index in [2.05, 4.69) is 25.7 Å². The first-order chi connectivity index (χ1) is 20.2. The van der Waals surface area contributed by atoms with Crippen LogP contribution in [0.4, 0.5) is 14.9 Å². The lowest BCUT2D eigenvalue weighted by molar-refractivity contribution is -0.114. The van der Waals surface area contributed by atoms with Gasteiger partial charge in [0.1, 0.15) is 5.65 Å². The summed E-state index contributed by atoms with van der Waals surface area (Å²) in [7, 11) is 4.64. The quantitative estimate of drug-likeness (QED) is 0.242. The van der Waals surface area contributed by atoms with Crippen molar-refractivity contribution in [2.45, 2.75) is 31.3 Å². The van der Waals surface area contributed by atoms with E-state index in [-0.39, 0.29) is 35.8 Å². The molecule has 13 nitrogen and oxygen atoms in total. The average Bonchev–Trinajstić information content (AvgIpc) is 3.73. The van der Waals surface area contributed by atoms with Crippen molar-refractivity contribution in [2.24, 2.45) is 19.8 Å². The number of nitrogens with zero attached hydrogens (tertiary/aromatic N) is 5. The van der Waals surface area contributed by atoms with Crippen molar-refractivity contribution in [1.82, 2.24) is 34.2 Å². The van der Waals surface area contributed by atoms with Gasteiger partial charge in [0.15, 0.2) is 0 Å². The molecular formula is C28H30FN9O4. The number of alkyl carbamates (subject to hydrolysis) is 1. The maximum atomic E-state index is 15.1. The largest absolute Gasteiger partial charge is 0.453 e. The summed E-state index contributed by atoms with van der Waals surface area (Å²) in [6.07, 6.45) is 4.57. The number of benzene rings is 1. The Balaban J connectivity index is 1.59. The lowest BCUT2D eigenvalue weighted by Gasteiger charge is -2.15. The second-order valence-electron chi connectivity index (χ2n) is 10.4. The lowest BCUT2D eigenvalue weighted by atomic mass is 9.99. The van der Waals surface area contributed by atoms with Crippen molar-refractivity contribution in [3.05, 3.63) is 53.1 Å². The lowest BCUT2D eigenvalue weighted by Crippen LogP contribution is -2.33. The number of nitrogens with two attached hydrogens (primary N) is 1. The molecule has 2 atom stereocenters. The minimum absolute atomic E-state index is 0.149. The number of carbonyl (C=O) groups excluding carboxylic acids is 2. The zero-order chi connectivity index (χ0) is 29.7. The Kier molecular flexibility index (Phi) is 6.77. The smallest absolute Gasteiger partial charge is 0.407 e. The van der Waals surface area contributed by atoms with Crippen LogP contribution in [0, 0.1) is 5.95 Å². The van der Waals surface area contributed by atoms with Gasteiger partial charge in [0.05, 0.1) is 47.5 Å². The Bertz CT molecular complexity index is 1900. The fraction of sp³-hybridized carbons (Fsp3) is 0.321. The van der Waals surface area contributed by atoms with E-state index in [0.29, 0.717) is 63.8 Å². The zero-order valence-corrected chi connectivity index (χ0v) is 23.3. The number of anilines is 1. The standard InChI is InChI=1S/C28H30FN9O4/c1-36-13-18(25(29)35-36)23-21(14-4-6-15(7-5-14)32-20(39)11-30)22-24-19(12-31-26(22)34-23)37(2)28(41)38(24)17-9-8-16(10-17)33-27(40)42-3/h4-7,12-13,16-17H,8-11,30H2,1-3H3,(H,31,34)(H,32,39)(H,33,40)/t16-,17-/m1/s1. The number of methoxy groups -OCH3 is 1. The molecular weight excluding hydrogens is 545 g/mol. The monoisotopic (exact) mass is 575 g/mol. The molecule has 1 aliphatic rings. The van der Waals surface area contributed by atoms with Crippen molar-refractivity contribution in [2.75, 3.05) is 19.0 Å². The van der Waals surface area contributed by atoms with Gasteiger partial charge < -0.3 is 26.1 Å². The van der Waals surface area contributed by atoms with Crippen molar-refractivity contribution in [3.63, 3.8) is 0 Å². The first-order valence-corrected chi connectivity index (χ1v) is 13.5. The number of amides is 2. The van der Waals surface area contributed by atoms with E-state index >= 15 is 4.39 Å². The third kappa shape index (κ3) is 4.49. The number of hydrogen-bond donors (Lipinski definition) is 4. The molecule has 1 aliphatic carbocycles. The third-order valence-corrected chi connectivity index (χ3v) is 7.84. The van der Waals surface area contributed by atoms with Gasteiger partial charge in [0.2, 0.25) is 11.9 Å². The predicted octanol–water partition coefficient (Wildman–Crippen LogP) is 2.77. The number of hydrogen-bond acceptors (Lipinski definition) is 7. The first-order valence-electron chi connectivity index (χ1n) is 13.5. The predicted molar refractivity (Wildman–Crippen MR) is 154 cm³/mol. The van der Waals surface area contributed by atoms with E-state index in [1.807, 2.05) is 12.1 Å². The number of nitrogens with one attached hydrogen (secondary N) is 3. The molecule has 14 heteroatoms. The highest BCUT2D eigenvalue weighted by Gasteiger charge is 2.32. The highest BCUT2D eigenvalue weighted by molar-refractivity contribution is 6.14. The molecule has 218 valence electrons. The van der Waals surface area contributed by atoms with Crippen LogP contribution in [-0.2, 0) is 23.6 Å². The average molecular weight is 576 g/mol. The minimum Gasteiger partial charge on any atom is -0.453 e. The van der Waals surface area contributed by atoms with E-state index in [9.17, 15) is 14.4 Å². The van der Waals surface area contributed by atoms with Gasteiger partial charge in [-0.1, -0.05) is 12.1 Å². The number of fused-ring (bicyclic) bond motifs is 3. The van der Waals surface area contributed by atoms with Gasteiger partial charge >= 0.3 is 11.8 Å². The molecule has 0 unspecified atom stereocenters. The molecule has 0 spiro atoms. The van der Waals surface area contributed by atoms with Crippen LogP contribution >= 0.6 is 0 Å². The SMILES string of the molecule is COC(=O)N[C@@H]1CC[C@@H](n2c(=O)n(C)c3cnc4[nH]c(-c5cn(C)nc5F)c(-c5ccc(NC(=O)CN)cc5)c4c32)C1. The Morgan fingerprint density at radius 3 is 2.64 bits per heavy atom. The van der Waals surface area contributed by atoms with Gasteiger partial charge in [-0.3, -0.25) is 18.6 Å². The van der Waals surface area contributed by atoms with Crippen molar-refractivity contribution in [3.8, 4) is 22.4 Å². The molecule has 2 amide bonds. The van der Waals surface area contributed by atoms with Crippen LogP contribution in [0.2, 0.25) is 0 Å². The van der Waals surface area contributed by atoms with Crippen LogP contribution in [0.25, 0.3) is 44.5 Å². The number of aromatic amines is 1. The highest BCUT2D eigenvalue weighted by atomic mass is 19.1. The van der Waals surface area contributed by atoms with Gasteiger partial charge in [-0.25, -0.2) is 14.6 Å². The maximum absolute atomic E-state index is 15.1. The van der Waals surface area contributed by atoms with Gasteiger partial charge in [-0.2, -0.15) is 4.39 Å². The van der Waals surface area contributed by atoms with Gasteiger partial charge in [-0.05, 0) is 37.0 Å². The molecule has 1 aromatic carbocycles. The Hall–Kier alpha value is -4.98. The number of rotatable bonds is 6. The van der Waals surface area contributed by atoms with Crippen LogP contribution in [0.15, 0.2) is 41.5 Å². The molecule has 0 aliphatic heterocycles. The Labute approximate surface area is 238 Å². The molecule has 0 bridgehead atoms. The van der Waals surface area contributed by atoms with Crippen molar-refractivity contribution < 1.29 is 18.7 Å². The molecule has 1 fully saturated rings. The van der Waals surface area contributed by atoms with Crippen LogP contribution < -0.4 is 22.1 Å². The van der Waals surface area contributed by atoms with Gasteiger partial charge in [-0.15, -0.1) is 5.10 Å². The molecule has 4 aromatic heterocycles. The summed E-state index contributed by atoms with van der Waals surface area (Å²) < 4.78 is 24.6. The summed E-state index contributed by atoms with van der Waals surface area (Å²) in [6.45, 7) is -0.152. The fourth-order valence-electron chi connectivity index (χ4n) is 5.92. The van der Waals surface area contributed by atoms with E-state index in [1.54, 1.807) is 47.8 Å². The number of ether oxygens (including phenoxy) is 1. The second kappa shape index (κ2) is 10.4. The van der Waals surface area contributed by atoms with Crippen molar-refractivity contribution >= 4 is 39.8 Å². The van der Waals surface area contributed by atoms with Crippen LogP contribution in [0.1, 0.15) is 25.3 Å². The van der Waals surface area contributed by atoms with Gasteiger partial charge in [0.25, 0.3) is 0 Å². The molecule has 4 heterocycles. The number of aryl methyl sites for hydroxylation is 2. The Morgan fingerprint density at radius 2 is 1.98 bits per heavy atom. The second-order valence-corrected chi connectivity index (χ2v) is 10.4. The number of aromatic nitrogens is 6. The normalized spacial score (nSPS) is 16.8. The fourth-order valence-corrected chi connectivity index (χ4v) is 5.92. The molecule has 0 saturated heterocycles. The van der Waals surface area contributed by atoms with E-state index in [0.717, 1.165) is 0 Å². The zero-order valence-electron chi connectivity index (χ0n) is 23.3. The van der Waals surface area contributed by atoms with E-state index in [4.69, 9.17) is 10.5 Å². The number of imidazole rings is 1. The molecule has 5 N–H and O–H groups in total. The molecule has 6 rings (SSSR count). The maximum Gasteiger partial charge on any atom is 0.407 e. The van der Waals surface area contributed by atoms with Crippen LogP contribution in [-0.4, -0.2) is 60.6 Å². The molecule has 42 heavy (non-hydrogen) atoms. The first kappa shape index (κ1) is 27.2. The third-order valence-electron chi connectivity index (χ3n) is 7.84. The van der Waals surface area contributed by atoms with Crippen LogP contribution in [0.5, 0.6) is 0 Å². The minimum atomic E-state index is -0.661.